The van der Waals surface area contributed by atoms with Crippen LogP contribution in [0, 0.1) is 11.3 Å². The van der Waals surface area contributed by atoms with Gasteiger partial charge in [-0.25, -0.2) is 4.79 Å². The van der Waals surface area contributed by atoms with Crippen molar-refractivity contribution in [2.45, 2.75) is 57.5 Å². The standard InChI is InChI=1S/C28H33N7O2/c1-30-28(36)33-12-7-25-23(18-33)27(32-35(25)21-8-13-37-14-9-21)34-11-4-5-19-15-22(20(17-29)16-26(19)34)24-6-2-3-10-31-24/h3,10,15-16,21H,2,4-9,11-14,18H2,1H3,(H,30,36). The summed E-state index contributed by atoms with van der Waals surface area (Å²) in [5.41, 5.74) is 7.23. The quantitative estimate of drug-likeness (QED) is 0.689. The van der Waals surface area contributed by atoms with Crippen LogP contribution in [0.2, 0.25) is 0 Å². The summed E-state index contributed by atoms with van der Waals surface area (Å²) in [6, 6.07) is 6.89. The smallest absolute Gasteiger partial charge is 0.317 e. The van der Waals surface area contributed by atoms with Crippen molar-refractivity contribution < 1.29 is 9.53 Å². The first-order valence-electron chi connectivity index (χ1n) is 13.4. The van der Waals surface area contributed by atoms with Crippen molar-refractivity contribution in [3.63, 3.8) is 0 Å². The minimum Gasteiger partial charge on any atom is -0.381 e. The van der Waals surface area contributed by atoms with Crippen molar-refractivity contribution in [2.24, 2.45) is 4.99 Å². The van der Waals surface area contributed by atoms with E-state index in [2.05, 4.69) is 38.1 Å². The van der Waals surface area contributed by atoms with E-state index < -0.39 is 0 Å². The summed E-state index contributed by atoms with van der Waals surface area (Å²) in [7, 11) is 1.68. The third-order valence-corrected chi connectivity index (χ3v) is 8.01. The molecule has 0 radical (unpaired) electrons. The number of carbonyl (C=O) groups is 1. The summed E-state index contributed by atoms with van der Waals surface area (Å²) < 4.78 is 7.86. The van der Waals surface area contributed by atoms with Gasteiger partial charge in [0, 0.05) is 74.2 Å². The molecule has 0 bridgehead atoms. The maximum absolute atomic E-state index is 12.5. The van der Waals surface area contributed by atoms with Crippen molar-refractivity contribution in [1.29, 1.82) is 5.26 Å². The molecule has 9 heteroatoms. The Morgan fingerprint density at radius 3 is 2.81 bits per heavy atom. The van der Waals surface area contributed by atoms with Gasteiger partial charge in [-0.05, 0) is 56.2 Å². The van der Waals surface area contributed by atoms with Gasteiger partial charge >= 0.3 is 6.03 Å². The number of nitrogens with zero attached hydrogens (tertiary/aromatic N) is 6. The minimum atomic E-state index is -0.0619. The zero-order valence-corrected chi connectivity index (χ0v) is 21.4. The first kappa shape index (κ1) is 23.7. The first-order valence-corrected chi connectivity index (χ1v) is 13.4. The fraction of sp³-hybridized carbons (Fsp3) is 0.500. The summed E-state index contributed by atoms with van der Waals surface area (Å²) in [4.78, 5) is 21.3. The van der Waals surface area contributed by atoms with Crippen molar-refractivity contribution in [3.8, 4) is 6.07 Å². The molecular formula is C28H33N7O2. The number of urea groups is 1. The van der Waals surface area contributed by atoms with E-state index in [4.69, 9.17) is 9.84 Å². The topological polar surface area (TPSA) is 98.8 Å². The largest absolute Gasteiger partial charge is 0.381 e. The monoisotopic (exact) mass is 499 g/mol. The Hall–Kier alpha value is -3.64. The second-order valence-corrected chi connectivity index (χ2v) is 10.2. The first-order chi connectivity index (χ1) is 18.2. The van der Waals surface area contributed by atoms with Gasteiger partial charge in [-0.15, -0.1) is 0 Å². The van der Waals surface area contributed by atoms with Crippen LogP contribution in [0.1, 0.15) is 66.1 Å². The second-order valence-electron chi connectivity index (χ2n) is 10.2. The number of amides is 2. The normalized spacial score (nSPS) is 19.6. The van der Waals surface area contributed by atoms with E-state index in [1.165, 1.54) is 11.3 Å². The van der Waals surface area contributed by atoms with Crippen LogP contribution in [0.15, 0.2) is 29.4 Å². The molecular weight excluding hydrogens is 466 g/mol. The molecule has 6 rings (SSSR count). The molecule has 1 N–H and O–H groups in total. The van der Waals surface area contributed by atoms with Crippen LogP contribution in [-0.4, -0.2) is 59.8 Å². The van der Waals surface area contributed by atoms with E-state index >= 15 is 0 Å². The second kappa shape index (κ2) is 10.0. The zero-order valence-electron chi connectivity index (χ0n) is 21.4. The van der Waals surface area contributed by atoms with Crippen LogP contribution in [0.25, 0.3) is 0 Å². The number of hydrogen-bond acceptors (Lipinski definition) is 6. The molecule has 0 saturated carbocycles. The van der Waals surface area contributed by atoms with Crippen LogP contribution >= 0.6 is 0 Å². The lowest BCUT2D eigenvalue weighted by Crippen LogP contribution is -2.42. The summed E-state index contributed by atoms with van der Waals surface area (Å²) in [5, 5.41) is 18.1. The average molecular weight is 500 g/mol. The van der Waals surface area contributed by atoms with Gasteiger partial charge in [0.05, 0.1) is 24.2 Å². The van der Waals surface area contributed by atoms with Crippen molar-refractivity contribution in [1.82, 2.24) is 20.0 Å². The van der Waals surface area contributed by atoms with Crippen LogP contribution in [0.5, 0.6) is 0 Å². The lowest BCUT2D eigenvalue weighted by Gasteiger charge is -2.33. The predicted octanol–water partition coefficient (Wildman–Crippen LogP) is 3.98. The molecule has 0 aliphatic carbocycles. The number of aliphatic imine (C=N–C) groups is 1. The van der Waals surface area contributed by atoms with E-state index in [0.29, 0.717) is 24.7 Å². The molecule has 9 nitrogen and oxygen atoms in total. The average Bonchev–Trinajstić information content (AvgIpc) is 3.35. The number of nitriles is 1. The molecule has 4 aliphatic rings. The highest BCUT2D eigenvalue weighted by atomic mass is 16.5. The number of allylic oxidation sites excluding steroid dienone is 1. The Morgan fingerprint density at radius 2 is 2.05 bits per heavy atom. The summed E-state index contributed by atoms with van der Waals surface area (Å²) in [6.07, 6.45) is 10.3. The third-order valence-electron chi connectivity index (χ3n) is 8.01. The lowest BCUT2D eigenvalue weighted by atomic mass is 9.91. The Balaban J connectivity index is 1.44. The van der Waals surface area contributed by atoms with Gasteiger partial charge in [-0.2, -0.15) is 10.4 Å². The van der Waals surface area contributed by atoms with Gasteiger partial charge in [-0.3, -0.25) is 9.67 Å². The number of carbonyl (C=O) groups excluding carboxylic acids is 1. The number of anilines is 2. The van der Waals surface area contributed by atoms with E-state index in [-0.39, 0.29) is 6.03 Å². The number of fused-ring (bicyclic) bond motifs is 2. The number of rotatable bonds is 3. The molecule has 37 heavy (non-hydrogen) atoms. The SMILES string of the molecule is CNC(=O)N1CCc2c(c(N3CCCc4cc(C5=NC=CCC5)c(C#N)cc43)nn2C2CCOCC2)C1. The Kier molecular flexibility index (Phi) is 6.43. The molecule has 2 amide bonds. The van der Waals surface area contributed by atoms with E-state index in [0.717, 1.165) is 93.0 Å². The highest BCUT2D eigenvalue weighted by Crippen LogP contribution is 2.40. The molecule has 1 aromatic heterocycles. The van der Waals surface area contributed by atoms with Gasteiger partial charge in [0.2, 0.25) is 0 Å². The van der Waals surface area contributed by atoms with E-state index in [9.17, 15) is 10.1 Å². The van der Waals surface area contributed by atoms with Gasteiger partial charge < -0.3 is 19.9 Å². The van der Waals surface area contributed by atoms with Crippen LogP contribution in [-0.2, 0) is 24.1 Å². The summed E-state index contributed by atoms with van der Waals surface area (Å²) in [6.45, 7) is 3.54. The van der Waals surface area contributed by atoms with Gasteiger partial charge in [0.15, 0.2) is 5.82 Å². The predicted molar refractivity (Wildman–Crippen MR) is 141 cm³/mol. The molecule has 0 spiro atoms. The van der Waals surface area contributed by atoms with Crippen LogP contribution < -0.4 is 10.2 Å². The Bertz CT molecular complexity index is 1310. The van der Waals surface area contributed by atoms with Crippen molar-refractivity contribution >= 4 is 23.2 Å². The van der Waals surface area contributed by atoms with Crippen molar-refractivity contribution in [2.75, 3.05) is 38.3 Å². The highest BCUT2D eigenvalue weighted by Gasteiger charge is 2.34. The molecule has 1 saturated heterocycles. The molecule has 0 unspecified atom stereocenters. The highest BCUT2D eigenvalue weighted by molar-refractivity contribution is 6.04. The molecule has 0 atom stereocenters. The number of nitrogens with one attached hydrogen (secondary N) is 1. The van der Waals surface area contributed by atoms with Gasteiger partial charge in [-0.1, -0.05) is 6.08 Å². The fourth-order valence-electron chi connectivity index (χ4n) is 6.10. The zero-order chi connectivity index (χ0) is 25.4. The minimum absolute atomic E-state index is 0.0619. The van der Waals surface area contributed by atoms with Gasteiger partial charge in [0.1, 0.15) is 0 Å². The number of aromatic nitrogens is 2. The summed E-state index contributed by atoms with van der Waals surface area (Å²) in [5.74, 6) is 0.922. The number of ether oxygens (including phenoxy) is 1. The van der Waals surface area contributed by atoms with Crippen LogP contribution in [0.4, 0.5) is 16.3 Å². The van der Waals surface area contributed by atoms with E-state index in [1.807, 2.05) is 17.2 Å². The number of aryl methyl sites for hydroxylation is 1. The Morgan fingerprint density at radius 1 is 1.19 bits per heavy atom. The summed E-state index contributed by atoms with van der Waals surface area (Å²) >= 11 is 0. The molecule has 1 aromatic carbocycles. The maximum Gasteiger partial charge on any atom is 0.317 e. The third kappa shape index (κ3) is 4.29. The van der Waals surface area contributed by atoms with Crippen molar-refractivity contribution in [3.05, 3.63) is 52.4 Å². The Labute approximate surface area is 217 Å². The fourth-order valence-corrected chi connectivity index (χ4v) is 6.10. The number of benzene rings is 1. The molecule has 2 aromatic rings. The molecule has 1 fully saturated rings. The maximum atomic E-state index is 12.5. The molecule has 4 aliphatic heterocycles. The lowest BCUT2D eigenvalue weighted by molar-refractivity contribution is 0.0651. The van der Waals surface area contributed by atoms with Gasteiger partial charge in [0.25, 0.3) is 0 Å². The van der Waals surface area contributed by atoms with E-state index in [1.54, 1.807) is 7.05 Å². The molecule has 5 heterocycles. The number of hydrogen-bond donors (Lipinski definition) is 1. The van der Waals surface area contributed by atoms with Crippen LogP contribution in [0.3, 0.4) is 0 Å². The molecule has 192 valence electrons.